The molecule has 0 aromatic heterocycles. The summed E-state index contributed by atoms with van der Waals surface area (Å²) in [4.78, 5) is 15.3. The van der Waals surface area contributed by atoms with Gasteiger partial charge in [-0.05, 0) is 54.8 Å². The third kappa shape index (κ3) is 5.16. The number of ether oxygens (including phenoxy) is 2. The molecule has 0 saturated heterocycles. The SMILES string of the molecule is COc1ccc(CN(C)C(=O)CSc2ccc(C)c(C)c2)cc1OC. The molecule has 0 unspecified atom stereocenters. The number of thioether (sulfide) groups is 1. The number of hydrogen-bond donors (Lipinski definition) is 0. The third-order valence-corrected chi connectivity index (χ3v) is 5.11. The molecule has 0 spiro atoms. The van der Waals surface area contributed by atoms with Crippen LogP contribution in [-0.2, 0) is 11.3 Å². The Hall–Kier alpha value is -2.14. The summed E-state index contributed by atoms with van der Waals surface area (Å²) in [5.74, 6) is 1.88. The smallest absolute Gasteiger partial charge is 0.232 e. The van der Waals surface area contributed by atoms with Crippen LogP contribution in [0.2, 0.25) is 0 Å². The highest BCUT2D eigenvalue weighted by atomic mass is 32.2. The maximum Gasteiger partial charge on any atom is 0.232 e. The topological polar surface area (TPSA) is 38.8 Å². The van der Waals surface area contributed by atoms with Gasteiger partial charge in [-0.3, -0.25) is 4.79 Å². The Morgan fingerprint density at radius 3 is 2.36 bits per heavy atom. The average molecular weight is 359 g/mol. The van der Waals surface area contributed by atoms with E-state index in [1.165, 1.54) is 11.1 Å². The van der Waals surface area contributed by atoms with Crippen LogP contribution in [0.1, 0.15) is 16.7 Å². The van der Waals surface area contributed by atoms with E-state index in [9.17, 15) is 4.79 Å². The van der Waals surface area contributed by atoms with Crippen LogP contribution in [0.4, 0.5) is 0 Å². The zero-order valence-electron chi connectivity index (χ0n) is 15.5. The number of nitrogens with zero attached hydrogens (tertiary/aromatic N) is 1. The van der Waals surface area contributed by atoms with Crippen molar-refractivity contribution in [1.29, 1.82) is 0 Å². The largest absolute Gasteiger partial charge is 0.493 e. The Labute approximate surface area is 154 Å². The summed E-state index contributed by atoms with van der Waals surface area (Å²) in [6, 6.07) is 12.0. The standard InChI is InChI=1S/C20H25NO3S/c1-14-6-8-17(10-15(14)2)25-13-20(22)21(3)12-16-7-9-18(23-4)19(11-16)24-5/h6-11H,12-13H2,1-5H3. The van der Waals surface area contributed by atoms with Gasteiger partial charge in [0.2, 0.25) is 5.91 Å². The van der Waals surface area contributed by atoms with Crippen molar-refractivity contribution < 1.29 is 14.3 Å². The maximum absolute atomic E-state index is 12.4. The maximum atomic E-state index is 12.4. The van der Waals surface area contributed by atoms with Gasteiger partial charge in [-0.25, -0.2) is 0 Å². The molecule has 5 heteroatoms. The van der Waals surface area contributed by atoms with Gasteiger partial charge in [-0.15, -0.1) is 11.8 Å². The van der Waals surface area contributed by atoms with Crippen LogP contribution in [0.3, 0.4) is 0 Å². The molecular weight excluding hydrogens is 334 g/mol. The monoisotopic (exact) mass is 359 g/mol. The molecule has 1 amide bonds. The molecular formula is C20H25NO3S. The molecule has 0 aliphatic heterocycles. The van der Waals surface area contributed by atoms with E-state index in [1.807, 2.05) is 25.2 Å². The Morgan fingerprint density at radius 1 is 1.00 bits per heavy atom. The van der Waals surface area contributed by atoms with E-state index in [0.717, 1.165) is 10.5 Å². The predicted octanol–water partition coefficient (Wildman–Crippen LogP) is 4.07. The Kier molecular flexibility index (Phi) is 6.76. The van der Waals surface area contributed by atoms with Crippen LogP contribution in [0.15, 0.2) is 41.3 Å². The highest BCUT2D eigenvalue weighted by Gasteiger charge is 2.12. The average Bonchev–Trinajstić information content (AvgIpc) is 2.62. The molecule has 0 atom stereocenters. The molecule has 4 nitrogen and oxygen atoms in total. The molecule has 2 aromatic rings. The lowest BCUT2D eigenvalue weighted by Gasteiger charge is -2.18. The number of methoxy groups -OCH3 is 2. The minimum atomic E-state index is 0.0954. The van der Waals surface area contributed by atoms with Gasteiger partial charge in [-0.2, -0.15) is 0 Å². The molecule has 0 bridgehead atoms. The summed E-state index contributed by atoms with van der Waals surface area (Å²) in [5, 5.41) is 0. The lowest BCUT2D eigenvalue weighted by molar-refractivity contribution is -0.127. The zero-order valence-corrected chi connectivity index (χ0v) is 16.3. The molecule has 2 rings (SSSR count). The van der Waals surface area contributed by atoms with Crippen LogP contribution in [0, 0.1) is 13.8 Å². The lowest BCUT2D eigenvalue weighted by Crippen LogP contribution is -2.27. The van der Waals surface area contributed by atoms with Crippen LogP contribution in [0.5, 0.6) is 11.5 Å². The van der Waals surface area contributed by atoms with Gasteiger partial charge in [0, 0.05) is 18.5 Å². The van der Waals surface area contributed by atoms with Crippen molar-refractivity contribution in [3.8, 4) is 11.5 Å². The molecule has 134 valence electrons. The van der Waals surface area contributed by atoms with Crippen LogP contribution < -0.4 is 9.47 Å². The number of aryl methyl sites for hydroxylation is 2. The van der Waals surface area contributed by atoms with E-state index in [4.69, 9.17) is 9.47 Å². The van der Waals surface area contributed by atoms with E-state index in [0.29, 0.717) is 23.8 Å². The van der Waals surface area contributed by atoms with Gasteiger partial charge >= 0.3 is 0 Å². The van der Waals surface area contributed by atoms with E-state index < -0.39 is 0 Å². The van der Waals surface area contributed by atoms with Crippen molar-refractivity contribution >= 4 is 17.7 Å². The van der Waals surface area contributed by atoms with Crippen molar-refractivity contribution in [3.63, 3.8) is 0 Å². The summed E-state index contributed by atoms with van der Waals surface area (Å²) in [6.45, 7) is 4.71. The van der Waals surface area contributed by atoms with Crippen molar-refractivity contribution in [2.45, 2.75) is 25.3 Å². The van der Waals surface area contributed by atoms with Gasteiger partial charge < -0.3 is 14.4 Å². The third-order valence-electron chi connectivity index (χ3n) is 4.13. The first-order chi connectivity index (χ1) is 11.9. The van der Waals surface area contributed by atoms with Crippen molar-refractivity contribution in [1.82, 2.24) is 4.90 Å². The predicted molar refractivity (Wildman–Crippen MR) is 103 cm³/mol. The number of benzene rings is 2. The van der Waals surface area contributed by atoms with Gasteiger partial charge in [-0.1, -0.05) is 12.1 Å². The van der Waals surface area contributed by atoms with Gasteiger partial charge in [0.1, 0.15) is 0 Å². The number of amides is 1. The molecule has 2 aromatic carbocycles. The fourth-order valence-electron chi connectivity index (χ4n) is 2.40. The van der Waals surface area contributed by atoms with Gasteiger partial charge in [0.15, 0.2) is 11.5 Å². The first kappa shape index (κ1) is 19.2. The molecule has 25 heavy (non-hydrogen) atoms. The zero-order chi connectivity index (χ0) is 18.4. The molecule has 0 fully saturated rings. The molecule has 0 heterocycles. The van der Waals surface area contributed by atoms with Crippen molar-refractivity contribution in [3.05, 3.63) is 53.1 Å². The molecule has 0 aliphatic carbocycles. The fourth-order valence-corrected chi connectivity index (χ4v) is 3.33. The van der Waals surface area contributed by atoms with E-state index in [1.54, 1.807) is 30.9 Å². The normalized spacial score (nSPS) is 10.4. The fraction of sp³-hybridized carbons (Fsp3) is 0.350. The number of carbonyl (C=O) groups is 1. The van der Waals surface area contributed by atoms with Crippen LogP contribution in [0.25, 0.3) is 0 Å². The Morgan fingerprint density at radius 2 is 1.72 bits per heavy atom. The summed E-state index contributed by atoms with van der Waals surface area (Å²) in [7, 11) is 5.04. The number of rotatable bonds is 7. The second-order valence-corrected chi connectivity index (χ2v) is 7.02. The summed E-state index contributed by atoms with van der Waals surface area (Å²) in [6.07, 6.45) is 0. The van der Waals surface area contributed by atoms with Crippen molar-refractivity contribution in [2.75, 3.05) is 27.0 Å². The lowest BCUT2D eigenvalue weighted by atomic mass is 10.1. The van der Waals surface area contributed by atoms with Crippen molar-refractivity contribution in [2.24, 2.45) is 0 Å². The Bertz CT molecular complexity index is 746. The number of carbonyl (C=O) groups excluding carboxylic acids is 1. The second-order valence-electron chi connectivity index (χ2n) is 5.97. The minimum Gasteiger partial charge on any atom is -0.493 e. The van der Waals surface area contributed by atoms with Gasteiger partial charge in [0.05, 0.1) is 20.0 Å². The molecule has 0 radical (unpaired) electrons. The first-order valence-electron chi connectivity index (χ1n) is 8.09. The highest BCUT2D eigenvalue weighted by molar-refractivity contribution is 8.00. The second kappa shape index (κ2) is 8.81. The highest BCUT2D eigenvalue weighted by Crippen LogP contribution is 2.28. The molecule has 0 aliphatic rings. The summed E-state index contributed by atoms with van der Waals surface area (Å²) < 4.78 is 10.6. The Balaban J connectivity index is 1.94. The molecule has 0 saturated carbocycles. The van der Waals surface area contributed by atoms with E-state index in [-0.39, 0.29) is 5.91 Å². The summed E-state index contributed by atoms with van der Waals surface area (Å²) in [5.41, 5.74) is 3.52. The minimum absolute atomic E-state index is 0.0954. The molecule has 0 N–H and O–H groups in total. The summed E-state index contributed by atoms with van der Waals surface area (Å²) >= 11 is 1.57. The van der Waals surface area contributed by atoms with Crippen LogP contribution in [-0.4, -0.2) is 37.8 Å². The van der Waals surface area contributed by atoms with Crippen LogP contribution >= 0.6 is 11.8 Å². The van der Waals surface area contributed by atoms with Gasteiger partial charge in [0.25, 0.3) is 0 Å². The van der Waals surface area contributed by atoms with E-state index >= 15 is 0 Å². The number of hydrogen-bond acceptors (Lipinski definition) is 4. The van der Waals surface area contributed by atoms with E-state index in [2.05, 4.69) is 32.0 Å². The quantitative estimate of drug-likeness (QED) is 0.699. The first-order valence-corrected chi connectivity index (χ1v) is 9.08.